The second kappa shape index (κ2) is 8.28. The van der Waals surface area contributed by atoms with Crippen molar-refractivity contribution in [2.75, 3.05) is 0 Å². The predicted molar refractivity (Wildman–Crippen MR) is 100 cm³/mol. The smallest absolute Gasteiger partial charge is 0.314 e. The first-order valence-corrected chi connectivity index (χ1v) is 11.1. The van der Waals surface area contributed by atoms with Crippen LogP contribution in [0.3, 0.4) is 0 Å². The third kappa shape index (κ3) is 5.64. The van der Waals surface area contributed by atoms with Gasteiger partial charge in [0.25, 0.3) is 0 Å². The van der Waals surface area contributed by atoms with E-state index in [0.29, 0.717) is 0 Å². The lowest BCUT2D eigenvalue weighted by Crippen LogP contribution is -2.21. The average molecular weight is 349 g/mol. The van der Waals surface area contributed by atoms with Crippen LogP contribution in [-0.4, -0.2) is 25.9 Å². The number of aliphatic carboxylic acids is 1. The van der Waals surface area contributed by atoms with Crippen molar-refractivity contribution < 1.29 is 19.1 Å². The molecule has 0 saturated heterocycles. The molecule has 0 aliphatic heterocycles. The minimum atomic E-state index is -1.30. The quantitative estimate of drug-likeness (QED) is 0.459. The van der Waals surface area contributed by atoms with E-state index in [1.54, 1.807) is 13.0 Å². The van der Waals surface area contributed by atoms with E-state index in [9.17, 15) is 9.59 Å². The molecule has 1 rings (SSSR count). The molecule has 0 aliphatic rings. The van der Waals surface area contributed by atoms with E-state index < -0.39 is 26.7 Å². The second-order valence-electron chi connectivity index (χ2n) is 7.20. The monoisotopic (exact) mass is 348 g/mol. The molecule has 0 fully saturated rings. The van der Waals surface area contributed by atoms with Gasteiger partial charge in [0.15, 0.2) is 5.78 Å². The zero-order valence-electron chi connectivity index (χ0n) is 15.4. The maximum absolute atomic E-state index is 12.0. The summed E-state index contributed by atoms with van der Waals surface area (Å²) in [5, 5.41) is 9.07. The number of allylic oxidation sites excluding steroid dienone is 1. The Morgan fingerprint density at radius 3 is 2.38 bits per heavy atom. The van der Waals surface area contributed by atoms with E-state index in [-0.39, 0.29) is 11.8 Å². The Balaban J connectivity index is 3.16. The van der Waals surface area contributed by atoms with E-state index in [1.165, 1.54) is 6.08 Å². The number of ketones is 1. The largest absolute Gasteiger partial charge is 0.547 e. The molecule has 0 radical (unpaired) electrons. The van der Waals surface area contributed by atoms with E-state index in [4.69, 9.17) is 9.53 Å². The highest BCUT2D eigenvalue weighted by atomic mass is 28.3. The molecular formula is C19H28O4Si. The van der Waals surface area contributed by atoms with Gasteiger partial charge in [0.1, 0.15) is 11.7 Å². The number of carbonyl (C=O) groups excluding carboxylic acids is 1. The van der Waals surface area contributed by atoms with Gasteiger partial charge in [-0.15, -0.1) is 0 Å². The zero-order chi connectivity index (χ0) is 18.5. The molecule has 1 atom stereocenters. The summed E-state index contributed by atoms with van der Waals surface area (Å²) >= 11 is 0. The van der Waals surface area contributed by atoms with Crippen molar-refractivity contribution in [3.63, 3.8) is 0 Å². The molecule has 0 aliphatic carbocycles. The van der Waals surface area contributed by atoms with Crippen LogP contribution in [-0.2, 0) is 15.0 Å². The SMILES string of the molecule is CCC(C(=O)O)C(=O)C=Cc1ccc(C(C)(C)C)cc1O[SiH](C)C. The summed E-state index contributed by atoms with van der Waals surface area (Å²) in [4.78, 5) is 23.1. The Kier molecular flexibility index (Phi) is 6.96. The van der Waals surface area contributed by atoms with E-state index in [0.717, 1.165) is 16.9 Å². The van der Waals surface area contributed by atoms with Gasteiger partial charge in [-0.05, 0) is 48.7 Å². The molecule has 132 valence electrons. The maximum atomic E-state index is 12.0. The molecular weight excluding hydrogens is 320 g/mol. The number of carbonyl (C=O) groups is 2. The van der Waals surface area contributed by atoms with Gasteiger partial charge in [-0.25, -0.2) is 0 Å². The number of benzene rings is 1. The van der Waals surface area contributed by atoms with Gasteiger partial charge in [-0.2, -0.15) is 0 Å². The Hall–Kier alpha value is -1.88. The molecule has 24 heavy (non-hydrogen) atoms. The highest BCUT2D eigenvalue weighted by Crippen LogP contribution is 2.30. The molecule has 0 aromatic heterocycles. The van der Waals surface area contributed by atoms with Crippen molar-refractivity contribution >= 4 is 26.9 Å². The number of carboxylic acid groups (broad SMARTS) is 1. The number of hydrogen-bond acceptors (Lipinski definition) is 3. The molecule has 1 N–H and O–H groups in total. The van der Waals surface area contributed by atoms with Crippen LogP contribution in [0.25, 0.3) is 6.08 Å². The summed E-state index contributed by atoms with van der Waals surface area (Å²) in [5.74, 6) is -1.70. The van der Waals surface area contributed by atoms with Gasteiger partial charge >= 0.3 is 5.97 Å². The number of rotatable bonds is 7. The molecule has 1 unspecified atom stereocenters. The van der Waals surface area contributed by atoms with E-state index in [2.05, 4.69) is 33.9 Å². The van der Waals surface area contributed by atoms with Crippen molar-refractivity contribution in [3.8, 4) is 5.75 Å². The van der Waals surface area contributed by atoms with Crippen LogP contribution in [0.2, 0.25) is 13.1 Å². The van der Waals surface area contributed by atoms with Gasteiger partial charge in [0.2, 0.25) is 9.04 Å². The summed E-state index contributed by atoms with van der Waals surface area (Å²) in [5.41, 5.74) is 1.97. The third-order valence-corrected chi connectivity index (χ3v) is 4.44. The van der Waals surface area contributed by atoms with Crippen LogP contribution >= 0.6 is 0 Å². The first-order chi connectivity index (χ1) is 11.1. The van der Waals surface area contributed by atoms with E-state index in [1.807, 2.05) is 18.2 Å². The topological polar surface area (TPSA) is 63.6 Å². The summed E-state index contributed by atoms with van der Waals surface area (Å²) < 4.78 is 6.01. The third-order valence-electron chi connectivity index (χ3n) is 3.72. The van der Waals surface area contributed by atoms with Gasteiger partial charge in [-0.3, -0.25) is 9.59 Å². The molecule has 0 bridgehead atoms. The zero-order valence-corrected chi connectivity index (χ0v) is 16.6. The fraction of sp³-hybridized carbons (Fsp3) is 0.474. The minimum absolute atomic E-state index is 0.00528. The molecule has 1 aromatic rings. The standard InChI is InChI=1S/C19H28O4Si/c1-7-15(18(21)22)16(20)11-9-13-8-10-14(19(2,3)4)12-17(13)23-24(5)6/h8-12,15,24H,7H2,1-6H3,(H,21,22). The fourth-order valence-electron chi connectivity index (χ4n) is 2.28. The molecule has 0 amide bonds. The number of hydrogen-bond donors (Lipinski definition) is 1. The first-order valence-electron chi connectivity index (χ1n) is 8.32. The molecule has 1 aromatic carbocycles. The van der Waals surface area contributed by atoms with Crippen LogP contribution in [0.1, 0.15) is 45.2 Å². The maximum Gasteiger partial charge on any atom is 0.314 e. The lowest BCUT2D eigenvalue weighted by Gasteiger charge is -2.22. The number of carboxylic acids is 1. The van der Waals surface area contributed by atoms with Gasteiger partial charge in [0, 0.05) is 5.56 Å². The van der Waals surface area contributed by atoms with Crippen molar-refractivity contribution in [3.05, 3.63) is 35.4 Å². The van der Waals surface area contributed by atoms with E-state index >= 15 is 0 Å². The predicted octanol–water partition coefficient (Wildman–Crippen LogP) is 4.04. The van der Waals surface area contributed by atoms with Gasteiger partial charge in [-0.1, -0.05) is 39.8 Å². The van der Waals surface area contributed by atoms with Crippen LogP contribution in [0.15, 0.2) is 24.3 Å². The Bertz CT molecular complexity index is 627. The summed E-state index contributed by atoms with van der Waals surface area (Å²) in [6.45, 7) is 12.3. The van der Waals surface area contributed by atoms with Gasteiger partial charge < -0.3 is 9.53 Å². The molecule has 5 heteroatoms. The Morgan fingerprint density at radius 2 is 1.92 bits per heavy atom. The second-order valence-corrected chi connectivity index (χ2v) is 9.54. The lowest BCUT2D eigenvalue weighted by molar-refractivity contribution is -0.145. The Labute approximate surface area is 146 Å². The lowest BCUT2D eigenvalue weighted by atomic mass is 9.86. The first kappa shape index (κ1) is 20.2. The summed E-state index contributed by atoms with van der Waals surface area (Å²) in [6.07, 6.45) is 3.29. The van der Waals surface area contributed by atoms with Crippen LogP contribution in [0.4, 0.5) is 0 Å². The minimum Gasteiger partial charge on any atom is -0.547 e. The van der Waals surface area contributed by atoms with Crippen molar-refractivity contribution in [1.29, 1.82) is 0 Å². The summed E-state index contributed by atoms with van der Waals surface area (Å²) in [6, 6.07) is 5.97. The van der Waals surface area contributed by atoms with Crippen LogP contribution in [0.5, 0.6) is 5.75 Å². The van der Waals surface area contributed by atoms with Crippen LogP contribution < -0.4 is 4.43 Å². The molecule has 0 saturated carbocycles. The fourth-order valence-corrected chi connectivity index (χ4v) is 2.99. The van der Waals surface area contributed by atoms with Crippen molar-refractivity contribution in [2.45, 2.75) is 52.6 Å². The normalized spacial score (nSPS) is 13.3. The molecule has 0 spiro atoms. The average Bonchev–Trinajstić information content (AvgIpc) is 2.44. The molecule has 4 nitrogen and oxygen atoms in total. The highest BCUT2D eigenvalue weighted by molar-refractivity contribution is 6.49. The Morgan fingerprint density at radius 1 is 1.29 bits per heavy atom. The van der Waals surface area contributed by atoms with Gasteiger partial charge in [0.05, 0.1) is 0 Å². The van der Waals surface area contributed by atoms with Crippen LogP contribution in [0, 0.1) is 5.92 Å². The molecule has 0 heterocycles. The van der Waals surface area contributed by atoms with Crippen molar-refractivity contribution in [2.24, 2.45) is 5.92 Å². The highest BCUT2D eigenvalue weighted by Gasteiger charge is 2.22. The summed E-state index contributed by atoms with van der Waals surface area (Å²) in [7, 11) is -1.30. The van der Waals surface area contributed by atoms with Crippen molar-refractivity contribution in [1.82, 2.24) is 0 Å².